The highest BCUT2D eigenvalue weighted by Crippen LogP contribution is 2.16. The zero-order chi connectivity index (χ0) is 13.5. The second-order valence-electron chi connectivity index (χ2n) is 3.69. The molecule has 1 rings (SSSR count). The molecule has 0 fully saturated rings. The van der Waals surface area contributed by atoms with Crippen LogP contribution >= 0.6 is 0 Å². The molecule has 7 nitrogen and oxygen atoms in total. The number of non-ortho nitro benzene ring substituents is 1. The summed E-state index contributed by atoms with van der Waals surface area (Å²) < 4.78 is 5.13. The molecular weight excluding hydrogens is 240 g/mol. The highest BCUT2D eigenvalue weighted by Gasteiger charge is 2.08. The number of aliphatic hydroxyl groups excluding tert-OH is 1. The molecule has 0 heterocycles. The standard InChI is InChI=1S/C11H14N2O5/c1-8(6-14)12-11(15)7-18-10-4-2-9(3-5-10)13(16)17/h2-5,8,14H,6-7H2,1H3,(H,12,15)/t8-/m1/s1. The van der Waals surface area contributed by atoms with Gasteiger partial charge in [0.2, 0.25) is 0 Å². The van der Waals surface area contributed by atoms with Crippen molar-refractivity contribution in [2.75, 3.05) is 13.2 Å². The van der Waals surface area contributed by atoms with Crippen LogP contribution < -0.4 is 10.1 Å². The highest BCUT2D eigenvalue weighted by molar-refractivity contribution is 5.77. The number of rotatable bonds is 6. The summed E-state index contributed by atoms with van der Waals surface area (Å²) in [7, 11) is 0. The number of amides is 1. The Bertz CT molecular complexity index is 418. The van der Waals surface area contributed by atoms with Crippen molar-refractivity contribution in [1.29, 1.82) is 0 Å². The van der Waals surface area contributed by atoms with Crippen LogP contribution in [0, 0.1) is 10.1 Å². The molecule has 0 aliphatic carbocycles. The summed E-state index contributed by atoms with van der Waals surface area (Å²) in [5.74, 6) is 0.00213. The maximum Gasteiger partial charge on any atom is 0.269 e. The Morgan fingerprint density at radius 1 is 1.50 bits per heavy atom. The molecule has 0 aliphatic rings. The number of aliphatic hydroxyl groups is 1. The monoisotopic (exact) mass is 254 g/mol. The van der Waals surface area contributed by atoms with Crippen molar-refractivity contribution in [3.8, 4) is 5.75 Å². The number of benzene rings is 1. The molecule has 1 aromatic carbocycles. The molecule has 0 unspecified atom stereocenters. The maximum atomic E-state index is 11.3. The molecule has 7 heteroatoms. The first-order valence-electron chi connectivity index (χ1n) is 5.30. The molecule has 0 aliphatic heterocycles. The van der Waals surface area contributed by atoms with Gasteiger partial charge < -0.3 is 15.2 Å². The summed E-state index contributed by atoms with van der Waals surface area (Å²) in [4.78, 5) is 21.2. The largest absolute Gasteiger partial charge is 0.484 e. The van der Waals surface area contributed by atoms with E-state index < -0.39 is 4.92 Å². The molecule has 1 aromatic rings. The number of hydrogen-bond donors (Lipinski definition) is 2. The molecule has 18 heavy (non-hydrogen) atoms. The van der Waals surface area contributed by atoms with Crippen LogP contribution in [0.4, 0.5) is 5.69 Å². The number of nitrogens with one attached hydrogen (secondary N) is 1. The fourth-order valence-electron chi connectivity index (χ4n) is 1.18. The molecule has 0 saturated heterocycles. The fraction of sp³-hybridized carbons (Fsp3) is 0.364. The predicted octanol–water partition coefficient (Wildman–Crippen LogP) is 0.471. The minimum atomic E-state index is -0.514. The van der Waals surface area contributed by atoms with Crippen molar-refractivity contribution in [3.63, 3.8) is 0 Å². The van der Waals surface area contributed by atoms with Crippen LogP contribution in [0.1, 0.15) is 6.92 Å². The summed E-state index contributed by atoms with van der Waals surface area (Å²) in [6.07, 6.45) is 0. The second kappa shape index (κ2) is 6.55. The summed E-state index contributed by atoms with van der Waals surface area (Å²) in [5, 5.41) is 21.6. The van der Waals surface area contributed by atoms with E-state index in [4.69, 9.17) is 9.84 Å². The summed E-state index contributed by atoms with van der Waals surface area (Å²) in [5.41, 5.74) is -0.0410. The van der Waals surface area contributed by atoms with Gasteiger partial charge in [0.05, 0.1) is 11.5 Å². The van der Waals surface area contributed by atoms with Crippen LogP contribution in [0.2, 0.25) is 0 Å². The maximum absolute atomic E-state index is 11.3. The van der Waals surface area contributed by atoms with Crippen molar-refractivity contribution in [2.45, 2.75) is 13.0 Å². The Morgan fingerprint density at radius 2 is 2.11 bits per heavy atom. The van der Waals surface area contributed by atoms with Gasteiger partial charge in [0.25, 0.3) is 11.6 Å². The topological polar surface area (TPSA) is 102 Å². The van der Waals surface area contributed by atoms with Crippen LogP contribution in [0.15, 0.2) is 24.3 Å². The van der Waals surface area contributed by atoms with E-state index in [1.807, 2.05) is 0 Å². The van der Waals surface area contributed by atoms with Gasteiger partial charge >= 0.3 is 0 Å². The van der Waals surface area contributed by atoms with Crippen LogP contribution in [0.25, 0.3) is 0 Å². The normalized spacial score (nSPS) is 11.7. The lowest BCUT2D eigenvalue weighted by Gasteiger charge is -2.11. The quantitative estimate of drug-likeness (QED) is 0.567. The van der Waals surface area contributed by atoms with E-state index in [-0.39, 0.29) is 30.9 Å². The molecule has 98 valence electrons. The lowest BCUT2D eigenvalue weighted by atomic mass is 10.3. The van der Waals surface area contributed by atoms with Crippen molar-refractivity contribution in [1.82, 2.24) is 5.32 Å². The molecule has 2 N–H and O–H groups in total. The highest BCUT2D eigenvalue weighted by atomic mass is 16.6. The van der Waals surface area contributed by atoms with Crippen LogP contribution in [0.3, 0.4) is 0 Å². The Hall–Kier alpha value is -2.15. The van der Waals surface area contributed by atoms with E-state index in [1.165, 1.54) is 24.3 Å². The first-order chi connectivity index (χ1) is 8.52. The van der Waals surface area contributed by atoms with Gasteiger partial charge in [-0.1, -0.05) is 0 Å². The van der Waals surface area contributed by atoms with Crippen molar-refractivity contribution >= 4 is 11.6 Å². The fourth-order valence-corrected chi connectivity index (χ4v) is 1.18. The van der Waals surface area contributed by atoms with E-state index >= 15 is 0 Å². The number of ether oxygens (including phenoxy) is 1. The lowest BCUT2D eigenvalue weighted by Crippen LogP contribution is -2.38. The van der Waals surface area contributed by atoms with Gasteiger partial charge in [-0.3, -0.25) is 14.9 Å². The zero-order valence-electron chi connectivity index (χ0n) is 9.83. The van der Waals surface area contributed by atoms with Crippen LogP contribution in [0.5, 0.6) is 5.75 Å². The van der Waals surface area contributed by atoms with Gasteiger partial charge in [0, 0.05) is 18.2 Å². The molecular formula is C11H14N2O5. The Balaban J connectivity index is 2.44. The number of nitrogens with zero attached hydrogens (tertiary/aromatic N) is 1. The summed E-state index contributed by atoms with van der Waals surface area (Å²) in [6, 6.07) is 5.09. The Morgan fingerprint density at radius 3 is 2.61 bits per heavy atom. The molecule has 0 bridgehead atoms. The molecule has 0 saturated carbocycles. The van der Waals surface area contributed by atoms with E-state index in [1.54, 1.807) is 6.92 Å². The SMILES string of the molecule is C[C@H](CO)NC(=O)COc1ccc([N+](=O)[O-])cc1. The first-order valence-corrected chi connectivity index (χ1v) is 5.30. The van der Waals surface area contributed by atoms with E-state index in [0.717, 1.165) is 0 Å². The number of nitro benzene ring substituents is 1. The van der Waals surface area contributed by atoms with Crippen LogP contribution in [-0.4, -0.2) is 35.2 Å². The van der Waals surface area contributed by atoms with Gasteiger partial charge in [0.15, 0.2) is 6.61 Å². The summed E-state index contributed by atoms with van der Waals surface area (Å²) >= 11 is 0. The Kier molecular flexibility index (Phi) is 5.06. The average molecular weight is 254 g/mol. The summed E-state index contributed by atoms with van der Waals surface area (Å²) in [6.45, 7) is 1.30. The minimum absolute atomic E-state index is 0.0410. The molecule has 1 amide bonds. The van der Waals surface area contributed by atoms with E-state index in [9.17, 15) is 14.9 Å². The Labute approximate surface area is 104 Å². The van der Waals surface area contributed by atoms with Gasteiger partial charge in [-0.2, -0.15) is 0 Å². The number of carbonyl (C=O) groups is 1. The predicted molar refractivity (Wildman–Crippen MR) is 63.3 cm³/mol. The number of carbonyl (C=O) groups excluding carboxylic acids is 1. The van der Waals surface area contributed by atoms with Crippen molar-refractivity contribution < 1.29 is 19.6 Å². The molecule has 0 aromatic heterocycles. The smallest absolute Gasteiger partial charge is 0.269 e. The third-order valence-corrected chi connectivity index (χ3v) is 2.10. The number of nitro groups is 1. The van der Waals surface area contributed by atoms with Gasteiger partial charge in [-0.15, -0.1) is 0 Å². The second-order valence-corrected chi connectivity index (χ2v) is 3.69. The van der Waals surface area contributed by atoms with Gasteiger partial charge in [-0.05, 0) is 19.1 Å². The molecule has 0 radical (unpaired) electrons. The third kappa shape index (κ3) is 4.38. The minimum Gasteiger partial charge on any atom is -0.484 e. The van der Waals surface area contributed by atoms with Crippen LogP contribution in [-0.2, 0) is 4.79 Å². The van der Waals surface area contributed by atoms with Crippen molar-refractivity contribution in [2.24, 2.45) is 0 Å². The van der Waals surface area contributed by atoms with E-state index in [2.05, 4.69) is 5.32 Å². The number of hydrogen-bond acceptors (Lipinski definition) is 5. The third-order valence-electron chi connectivity index (χ3n) is 2.10. The average Bonchev–Trinajstić information content (AvgIpc) is 2.36. The van der Waals surface area contributed by atoms with Gasteiger partial charge in [0.1, 0.15) is 5.75 Å². The first kappa shape index (κ1) is 13.9. The lowest BCUT2D eigenvalue weighted by molar-refractivity contribution is -0.384. The molecule has 1 atom stereocenters. The van der Waals surface area contributed by atoms with E-state index in [0.29, 0.717) is 5.75 Å². The molecule has 0 spiro atoms. The zero-order valence-corrected chi connectivity index (χ0v) is 9.83. The van der Waals surface area contributed by atoms with Gasteiger partial charge in [-0.25, -0.2) is 0 Å². The van der Waals surface area contributed by atoms with Crippen molar-refractivity contribution in [3.05, 3.63) is 34.4 Å².